The van der Waals surface area contributed by atoms with E-state index in [-0.39, 0.29) is 5.78 Å². The van der Waals surface area contributed by atoms with Gasteiger partial charge in [-0.3, -0.25) is 4.79 Å². The number of hydrogen-bond donors (Lipinski definition) is 0. The maximum Gasteiger partial charge on any atom is 0.167 e. The van der Waals surface area contributed by atoms with Gasteiger partial charge in [0.25, 0.3) is 0 Å². The van der Waals surface area contributed by atoms with Crippen LogP contribution in [0.25, 0.3) is 0 Å². The van der Waals surface area contributed by atoms with Crippen molar-refractivity contribution in [1.29, 1.82) is 0 Å². The Balaban J connectivity index is 2.11. The van der Waals surface area contributed by atoms with Gasteiger partial charge in [-0.1, -0.05) is 30.3 Å². The molecule has 1 nitrogen and oxygen atoms in total. The summed E-state index contributed by atoms with van der Waals surface area (Å²) in [6, 6.07) is 11.4. The second-order valence-electron chi connectivity index (χ2n) is 3.23. The Labute approximate surface area is 101 Å². The number of hydrogen-bond acceptors (Lipinski definition) is 2. The van der Waals surface area contributed by atoms with Crippen molar-refractivity contribution >= 4 is 33.0 Å². The number of carbonyl (C=O) groups is 1. The quantitative estimate of drug-likeness (QED) is 0.779. The van der Waals surface area contributed by atoms with Crippen molar-refractivity contribution in [1.82, 2.24) is 0 Å². The van der Waals surface area contributed by atoms with E-state index >= 15 is 0 Å². The van der Waals surface area contributed by atoms with E-state index in [1.54, 1.807) is 11.3 Å². The minimum absolute atomic E-state index is 0.168. The van der Waals surface area contributed by atoms with Crippen molar-refractivity contribution in [2.45, 2.75) is 6.42 Å². The molecule has 1 heterocycles. The van der Waals surface area contributed by atoms with E-state index in [1.807, 2.05) is 41.8 Å². The van der Waals surface area contributed by atoms with Crippen molar-refractivity contribution in [3.8, 4) is 0 Å². The summed E-state index contributed by atoms with van der Waals surface area (Å²) >= 11 is 4.99. The molecular formula is C12H9BrOS. The predicted molar refractivity (Wildman–Crippen MR) is 66.5 cm³/mol. The van der Waals surface area contributed by atoms with Gasteiger partial charge < -0.3 is 0 Å². The molecule has 0 amide bonds. The van der Waals surface area contributed by atoms with Crippen molar-refractivity contribution in [2.75, 3.05) is 0 Å². The molecule has 2 rings (SSSR count). The lowest BCUT2D eigenvalue weighted by Crippen LogP contribution is -2.01. The van der Waals surface area contributed by atoms with Crippen LogP contribution in [0.5, 0.6) is 0 Å². The number of benzene rings is 1. The topological polar surface area (TPSA) is 17.1 Å². The second-order valence-corrected chi connectivity index (χ2v) is 5.52. The number of rotatable bonds is 3. The third-order valence-corrected chi connectivity index (χ3v) is 3.64. The fourth-order valence-electron chi connectivity index (χ4n) is 1.35. The Morgan fingerprint density at radius 1 is 1.27 bits per heavy atom. The Hall–Kier alpha value is -0.930. The Morgan fingerprint density at radius 3 is 2.60 bits per heavy atom. The summed E-state index contributed by atoms with van der Waals surface area (Å²) in [4.78, 5) is 11.8. The maximum atomic E-state index is 11.8. The third kappa shape index (κ3) is 2.76. The molecule has 1 aromatic carbocycles. The lowest BCUT2D eigenvalue weighted by molar-refractivity contribution is 0.0993. The first-order valence-corrected chi connectivity index (χ1v) is 6.24. The summed E-state index contributed by atoms with van der Waals surface area (Å²) in [6.07, 6.45) is 0.478. The molecule has 0 aliphatic rings. The number of halogens is 1. The van der Waals surface area contributed by atoms with E-state index in [0.717, 1.165) is 14.9 Å². The van der Waals surface area contributed by atoms with Crippen LogP contribution in [0.2, 0.25) is 0 Å². The van der Waals surface area contributed by atoms with Crippen LogP contribution in [0, 0.1) is 0 Å². The van der Waals surface area contributed by atoms with Gasteiger partial charge in [0, 0.05) is 12.0 Å². The molecule has 76 valence electrons. The Kier molecular flexibility index (Phi) is 3.34. The highest BCUT2D eigenvalue weighted by molar-refractivity contribution is 9.11. The molecule has 0 saturated heterocycles. The first-order valence-electron chi connectivity index (χ1n) is 4.57. The number of thiophene rings is 1. The molecule has 2 aromatic rings. The molecule has 0 bridgehead atoms. The zero-order valence-electron chi connectivity index (χ0n) is 7.94. The Bertz CT molecular complexity index is 461. The second kappa shape index (κ2) is 4.73. The molecule has 0 saturated carbocycles. The zero-order valence-corrected chi connectivity index (χ0v) is 10.3. The first kappa shape index (κ1) is 10.6. The minimum atomic E-state index is 0.168. The molecule has 0 aliphatic carbocycles. The lowest BCUT2D eigenvalue weighted by Gasteiger charge is -1.97. The third-order valence-electron chi connectivity index (χ3n) is 2.08. The van der Waals surface area contributed by atoms with E-state index in [9.17, 15) is 4.79 Å². The van der Waals surface area contributed by atoms with Gasteiger partial charge in [0.05, 0.1) is 3.79 Å². The summed E-state index contributed by atoms with van der Waals surface area (Å²) in [5.41, 5.74) is 1.85. The van der Waals surface area contributed by atoms with E-state index in [1.165, 1.54) is 0 Å². The molecule has 0 unspecified atom stereocenters. The molecular weight excluding hydrogens is 272 g/mol. The highest BCUT2D eigenvalue weighted by Gasteiger charge is 2.07. The van der Waals surface area contributed by atoms with Gasteiger partial charge in [-0.25, -0.2) is 0 Å². The van der Waals surface area contributed by atoms with Gasteiger partial charge >= 0.3 is 0 Å². The van der Waals surface area contributed by atoms with E-state index in [2.05, 4.69) is 15.9 Å². The molecule has 3 heteroatoms. The average molecular weight is 281 g/mol. The summed E-state index contributed by atoms with van der Waals surface area (Å²) in [6.45, 7) is 0. The molecule has 0 fully saturated rings. The van der Waals surface area contributed by atoms with Crippen molar-refractivity contribution in [3.05, 3.63) is 56.7 Å². The monoisotopic (exact) mass is 280 g/mol. The van der Waals surface area contributed by atoms with Crippen molar-refractivity contribution < 1.29 is 4.79 Å². The van der Waals surface area contributed by atoms with Gasteiger partial charge in [-0.2, -0.15) is 0 Å². The van der Waals surface area contributed by atoms with Crippen molar-refractivity contribution in [3.63, 3.8) is 0 Å². The predicted octanol–water partition coefficient (Wildman–Crippen LogP) is 3.94. The maximum absolute atomic E-state index is 11.8. The fraction of sp³-hybridized carbons (Fsp3) is 0.0833. The largest absolute Gasteiger partial charge is 0.294 e. The summed E-state index contributed by atoms with van der Waals surface area (Å²) < 4.78 is 1.07. The van der Waals surface area contributed by atoms with Gasteiger partial charge in [0.15, 0.2) is 5.78 Å². The first-order chi connectivity index (χ1) is 7.25. The molecule has 1 aromatic heterocycles. The summed E-state index contributed by atoms with van der Waals surface area (Å²) in [5, 5.41) is 2.00. The van der Waals surface area contributed by atoms with E-state index in [4.69, 9.17) is 0 Å². The molecule has 0 radical (unpaired) electrons. The normalized spacial score (nSPS) is 10.2. The fourth-order valence-corrected chi connectivity index (χ4v) is 2.56. The van der Waals surface area contributed by atoms with Crippen LogP contribution < -0.4 is 0 Å². The zero-order chi connectivity index (χ0) is 10.7. The summed E-state index contributed by atoms with van der Waals surface area (Å²) in [7, 11) is 0. The van der Waals surface area contributed by atoms with Crippen LogP contribution in [0.1, 0.15) is 15.9 Å². The van der Waals surface area contributed by atoms with Crippen LogP contribution in [-0.2, 0) is 6.42 Å². The van der Waals surface area contributed by atoms with Gasteiger partial charge in [-0.15, -0.1) is 11.3 Å². The van der Waals surface area contributed by atoms with Crippen molar-refractivity contribution in [2.24, 2.45) is 0 Å². The SMILES string of the molecule is O=C(Cc1csc(Br)c1)c1ccccc1. The molecule has 0 atom stereocenters. The number of ketones is 1. The standard InChI is InChI=1S/C12H9BrOS/c13-12-7-9(8-15-12)6-11(14)10-4-2-1-3-5-10/h1-5,7-8H,6H2. The van der Waals surface area contributed by atoms with Gasteiger partial charge in [0.2, 0.25) is 0 Å². The summed E-state index contributed by atoms with van der Waals surface area (Å²) in [5.74, 6) is 0.168. The molecule has 15 heavy (non-hydrogen) atoms. The highest BCUT2D eigenvalue weighted by atomic mass is 79.9. The lowest BCUT2D eigenvalue weighted by atomic mass is 10.1. The Morgan fingerprint density at radius 2 is 2.00 bits per heavy atom. The number of carbonyl (C=O) groups excluding carboxylic acids is 1. The smallest absolute Gasteiger partial charge is 0.167 e. The van der Waals surface area contributed by atoms with Gasteiger partial charge in [-0.05, 0) is 32.9 Å². The van der Waals surface area contributed by atoms with E-state index < -0.39 is 0 Å². The van der Waals surface area contributed by atoms with Gasteiger partial charge in [0.1, 0.15) is 0 Å². The molecule has 0 aliphatic heterocycles. The van der Waals surface area contributed by atoms with E-state index in [0.29, 0.717) is 6.42 Å². The molecule has 0 spiro atoms. The van der Waals surface area contributed by atoms with Crippen LogP contribution >= 0.6 is 27.3 Å². The van der Waals surface area contributed by atoms with Crippen LogP contribution in [0.4, 0.5) is 0 Å². The minimum Gasteiger partial charge on any atom is -0.294 e. The van der Waals surface area contributed by atoms with Crippen LogP contribution in [0.15, 0.2) is 45.6 Å². The molecule has 0 N–H and O–H groups in total. The van der Waals surface area contributed by atoms with Crippen LogP contribution in [0.3, 0.4) is 0 Å². The number of Topliss-reactive ketones (excluding diaryl/α,β-unsaturated/α-hetero) is 1. The average Bonchev–Trinajstić information content (AvgIpc) is 2.65. The highest BCUT2D eigenvalue weighted by Crippen LogP contribution is 2.21. The van der Waals surface area contributed by atoms with Crippen LogP contribution in [-0.4, -0.2) is 5.78 Å².